The quantitative estimate of drug-likeness (QED) is 0.691. The molecule has 0 aliphatic heterocycles. The van der Waals surface area contributed by atoms with Gasteiger partial charge in [-0.15, -0.1) is 0 Å². The first-order valence-corrected chi connectivity index (χ1v) is 8.05. The normalized spacial score (nSPS) is 25.7. The summed E-state index contributed by atoms with van der Waals surface area (Å²) in [6, 6.07) is -0.0979. The number of rotatable bonds is 7. The van der Waals surface area contributed by atoms with Crippen LogP contribution in [0.4, 0.5) is 0 Å². The van der Waals surface area contributed by atoms with Gasteiger partial charge in [-0.3, -0.25) is 4.79 Å². The average molecular weight is 274 g/mol. The third-order valence-corrected chi connectivity index (χ3v) is 4.70. The van der Waals surface area contributed by atoms with Gasteiger partial charge in [0.05, 0.1) is 6.04 Å². The van der Waals surface area contributed by atoms with Gasteiger partial charge < -0.3 is 15.8 Å². The van der Waals surface area contributed by atoms with Gasteiger partial charge in [0, 0.05) is 25.0 Å². The van der Waals surface area contributed by atoms with Crippen LogP contribution in [0.3, 0.4) is 0 Å². The van der Waals surface area contributed by atoms with E-state index in [4.69, 9.17) is 10.5 Å². The predicted molar refractivity (Wildman–Crippen MR) is 76.8 cm³/mol. The molecule has 0 spiro atoms. The van der Waals surface area contributed by atoms with Crippen LogP contribution in [0.1, 0.15) is 38.5 Å². The summed E-state index contributed by atoms with van der Waals surface area (Å²) in [4.78, 5) is 12.0. The lowest BCUT2D eigenvalue weighted by Crippen LogP contribution is -2.50. The molecule has 18 heavy (non-hydrogen) atoms. The maximum Gasteiger partial charge on any atom is 0.237 e. The molecule has 1 aliphatic rings. The number of thioether (sulfide) groups is 1. The molecule has 3 unspecified atom stereocenters. The van der Waals surface area contributed by atoms with Crippen molar-refractivity contribution in [2.45, 2.75) is 55.9 Å². The molecule has 5 heteroatoms. The number of nitrogens with one attached hydrogen (secondary N) is 1. The van der Waals surface area contributed by atoms with Crippen LogP contribution >= 0.6 is 11.8 Å². The molecule has 1 rings (SSSR count). The molecule has 3 N–H and O–H groups in total. The van der Waals surface area contributed by atoms with Gasteiger partial charge in [0.15, 0.2) is 0 Å². The smallest absolute Gasteiger partial charge is 0.237 e. The molecule has 0 heterocycles. The van der Waals surface area contributed by atoms with E-state index in [1.165, 1.54) is 19.3 Å². The number of carbonyl (C=O) groups is 1. The van der Waals surface area contributed by atoms with Crippen LogP contribution < -0.4 is 11.1 Å². The van der Waals surface area contributed by atoms with Crippen molar-refractivity contribution in [1.82, 2.24) is 5.32 Å². The molecule has 1 amide bonds. The molecule has 0 saturated heterocycles. The highest BCUT2D eigenvalue weighted by Gasteiger charge is 2.27. The standard InChI is InChI=1S/C13H26N2O2S/c1-17-9-5-6-10(14)13(16)15-11-7-3-4-8-12(11)18-2/h10-12H,3-9,14H2,1-2H3,(H,15,16). The SMILES string of the molecule is COCCCC(N)C(=O)NC1CCCCC1SC. The fourth-order valence-electron chi connectivity index (χ4n) is 2.41. The Morgan fingerprint density at radius 1 is 1.50 bits per heavy atom. The van der Waals surface area contributed by atoms with Gasteiger partial charge in [0.25, 0.3) is 0 Å². The second-order valence-electron chi connectivity index (χ2n) is 4.92. The molecule has 1 saturated carbocycles. The van der Waals surface area contributed by atoms with Gasteiger partial charge in [-0.2, -0.15) is 11.8 Å². The summed E-state index contributed by atoms with van der Waals surface area (Å²) in [5, 5.41) is 3.67. The summed E-state index contributed by atoms with van der Waals surface area (Å²) in [6.45, 7) is 0.665. The predicted octanol–water partition coefficient (Wildman–Crippen LogP) is 1.53. The van der Waals surface area contributed by atoms with E-state index >= 15 is 0 Å². The van der Waals surface area contributed by atoms with Crippen molar-refractivity contribution in [2.75, 3.05) is 20.0 Å². The molecule has 0 aromatic rings. The number of nitrogens with two attached hydrogens (primary N) is 1. The minimum atomic E-state index is -0.399. The van der Waals surface area contributed by atoms with E-state index in [1.807, 2.05) is 11.8 Å². The topological polar surface area (TPSA) is 64.3 Å². The van der Waals surface area contributed by atoms with E-state index in [9.17, 15) is 4.79 Å². The number of carbonyl (C=O) groups excluding carboxylic acids is 1. The number of methoxy groups -OCH3 is 1. The van der Waals surface area contributed by atoms with E-state index in [0.717, 1.165) is 12.8 Å². The zero-order chi connectivity index (χ0) is 13.4. The number of amides is 1. The molecule has 3 atom stereocenters. The van der Waals surface area contributed by atoms with Gasteiger partial charge in [0.1, 0.15) is 0 Å². The average Bonchev–Trinajstić information content (AvgIpc) is 2.39. The summed E-state index contributed by atoms with van der Waals surface area (Å²) >= 11 is 1.85. The number of ether oxygens (including phenoxy) is 1. The number of hydrogen-bond donors (Lipinski definition) is 2. The first-order valence-electron chi connectivity index (χ1n) is 6.76. The Hall–Kier alpha value is -0.260. The summed E-state index contributed by atoms with van der Waals surface area (Å²) in [7, 11) is 1.66. The zero-order valence-electron chi connectivity index (χ0n) is 11.5. The van der Waals surface area contributed by atoms with Crippen LogP contribution in [-0.2, 0) is 9.53 Å². The summed E-state index contributed by atoms with van der Waals surface area (Å²) in [6.07, 6.45) is 8.41. The van der Waals surface area contributed by atoms with Crippen LogP contribution in [0.5, 0.6) is 0 Å². The first-order chi connectivity index (χ1) is 8.69. The summed E-state index contributed by atoms with van der Waals surface area (Å²) in [5.74, 6) is -0.00273. The largest absolute Gasteiger partial charge is 0.385 e. The fraction of sp³-hybridized carbons (Fsp3) is 0.923. The third-order valence-electron chi connectivity index (χ3n) is 3.53. The van der Waals surface area contributed by atoms with Crippen LogP contribution in [0.15, 0.2) is 0 Å². The van der Waals surface area contributed by atoms with E-state index in [0.29, 0.717) is 24.3 Å². The van der Waals surface area contributed by atoms with Crippen molar-refractivity contribution in [3.8, 4) is 0 Å². The Bertz CT molecular complexity index is 251. The van der Waals surface area contributed by atoms with E-state index in [1.54, 1.807) is 7.11 Å². The Morgan fingerprint density at radius 2 is 2.22 bits per heavy atom. The lowest BCUT2D eigenvalue weighted by atomic mass is 9.94. The second-order valence-corrected chi connectivity index (χ2v) is 5.99. The molecule has 0 aromatic heterocycles. The summed E-state index contributed by atoms with van der Waals surface area (Å²) in [5.41, 5.74) is 5.89. The molecular weight excluding hydrogens is 248 g/mol. The van der Waals surface area contributed by atoms with E-state index < -0.39 is 6.04 Å². The van der Waals surface area contributed by atoms with Gasteiger partial charge in [0.2, 0.25) is 5.91 Å². The molecule has 106 valence electrons. The second kappa shape index (κ2) is 8.77. The van der Waals surface area contributed by atoms with Crippen LogP contribution in [-0.4, -0.2) is 43.2 Å². The minimum Gasteiger partial charge on any atom is -0.385 e. The van der Waals surface area contributed by atoms with E-state index in [2.05, 4.69) is 11.6 Å². The van der Waals surface area contributed by atoms with Crippen molar-refractivity contribution in [3.63, 3.8) is 0 Å². The monoisotopic (exact) mass is 274 g/mol. The number of hydrogen-bond acceptors (Lipinski definition) is 4. The highest BCUT2D eigenvalue weighted by molar-refractivity contribution is 7.99. The molecule has 1 fully saturated rings. The molecule has 4 nitrogen and oxygen atoms in total. The maximum atomic E-state index is 12.0. The van der Waals surface area contributed by atoms with Crippen LogP contribution in [0.25, 0.3) is 0 Å². The van der Waals surface area contributed by atoms with Gasteiger partial charge in [-0.05, 0) is 31.9 Å². The lowest BCUT2D eigenvalue weighted by Gasteiger charge is -2.31. The molecule has 0 bridgehead atoms. The Balaban J connectivity index is 2.32. The molecule has 0 aromatic carbocycles. The molecule has 0 radical (unpaired) electrons. The maximum absolute atomic E-state index is 12.0. The van der Waals surface area contributed by atoms with Crippen LogP contribution in [0, 0.1) is 0 Å². The van der Waals surface area contributed by atoms with Crippen molar-refractivity contribution < 1.29 is 9.53 Å². The van der Waals surface area contributed by atoms with Crippen molar-refractivity contribution in [1.29, 1.82) is 0 Å². The first kappa shape index (κ1) is 15.8. The highest BCUT2D eigenvalue weighted by atomic mass is 32.2. The fourth-order valence-corrected chi connectivity index (χ4v) is 3.35. The van der Waals surface area contributed by atoms with Crippen LogP contribution in [0.2, 0.25) is 0 Å². The molecular formula is C13H26N2O2S. The van der Waals surface area contributed by atoms with Gasteiger partial charge in [-0.1, -0.05) is 12.8 Å². The minimum absolute atomic E-state index is 0.00273. The Labute approximate surface area is 114 Å². The lowest BCUT2D eigenvalue weighted by molar-refractivity contribution is -0.123. The van der Waals surface area contributed by atoms with Crippen molar-refractivity contribution >= 4 is 17.7 Å². The van der Waals surface area contributed by atoms with Gasteiger partial charge >= 0.3 is 0 Å². The Morgan fingerprint density at radius 3 is 2.89 bits per heavy atom. The van der Waals surface area contributed by atoms with Crippen molar-refractivity contribution in [2.24, 2.45) is 5.73 Å². The summed E-state index contributed by atoms with van der Waals surface area (Å²) < 4.78 is 4.97. The van der Waals surface area contributed by atoms with Crippen molar-refractivity contribution in [3.05, 3.63) is 0 Å². The molecule has 1 aliphatic carbocycles. The van der Waals surface area contributed by atoms with Gasteiger partial charge in [-0.25, -0.2) is 0 Å². The zero-order valence-corrected chi connectivity index (χ0v) is 12.3. The Kier molecular flexibility index (Phi) is 7.70. The van der Waals surface area contributed by atoms with E-state index in [-0.39, 0.29) is 5.91 Å². The third kappa shape index (κ3) is 5.16. The highest BCUT2D eigenvalue weighted by Crippen LogP contribution is 2.27.